The molecule has 3 aliphatic heterocycles. The first-order chi connectivity index (χ1) is 16.1. The van der Waals surface area contributed by atoms with Crippen molar-refractivity contribution in [3.05, 3.63) is 24.3 Å². The van der Waals surface area contributed by atoms with E-state index in [4.69, 9.17) is 18.9 Å². The average Bonchev–Trinajstić information content (AvgIpc) is 3.67. The van der Waals surface area contributed by atoms with E-state index >= 15 is 0 Å². The van der Waals surface area contributed by atoms with Crippen LogP contribution in [0.15, 0.2) is 24.3 Å². The van der Waals surface area contributed by atoms with Gasteiger partial charge in [0.2, 0.25) is 5.91 Å². The van der Waals surface area contributed by atoms with Gasteiger partial charge in [-0.1, -0.05) is 19.1 Å². The van der Waals surface area contributed by atoms with Crippen LogP contribution in [0.25, 0.3) is 0 Å². The van der Waals surface area contributed by atoms with Crippen molar-refractivity contribution in [2.24, 2.45) is 11.3 Å². The van der Waals surface area contributed by atoms with Crippen molar-refractivity contribution < 1.29 is 33.6 Å². The zero-order valence-electron chi connectivity index (χ0n) is 20.7. The van der Waals surface area contributed by atoms with Crippen molar-refractivity contribution in [1.29, 1.82) is 0 Å². The highest BCUT2D eigenvalue weighted by Crippen LogP contribution is 2.56. The van der Waals surface area contributed by atoms with E-state index in [1.807, 2.05) is 13.0 Å². The first-order valence-electron chi connectivity index (χ1n) is 12.5. The van der Waals surface area contributed by atoms with Gasteiger partial charge in [-0.15, -0.1) is 0 Å². The van der Waals surface area contributed by atoms with E-state index in [9.17, 15) is 14.7 Å². The molecule has 1 saturated carbocycles. The van der Waals surface area contributed by atoms with E-state index in [2.05, 4.69) is 18.3 Å². The Kier molecular flexibility index (Phi) is 7.53. The summed E-state index contributed by atoms with van der Waals surface area (Å²) in [7, 11) is 0. The van der Waals surface area contributed by atoms with Gasteiger partial charge in [0.05, 0.1) is 31.5 Å². The van der Waals surface area contributed by atoms with Crippen LogP contribution >= 0.6 is 0 Å². The van der Waals surface area contributed by atoms with Crippen LogP contribution in [-0.2, 0) is 28.5 Å². The van der Waals surface area contributed by atoms with Gasteiger partial charge in [0.25, 0.3) is 0 Å². The van der Waals surface area contributed by atoms with Crippen molar-refractivity contribution in [2.45, 2.75) is 102 Å². The number of amides is 1. The fraction of sp³-hybridized carbons (Fsp3) is 0.769. The Hall–Kier alpha value is -1.74. The average molecular weight is 478 g/mol. The summed E-state index contributed by atoms with van der Waals surface area (Å²) in [6, 6.07) is -0.0372. The number of carbonyl (C=O) groups is 2. The van der Waals surface area contributed by atoms with Gasteiger partial charge in [0.1, 0.15) is 23.9 Å². The molecule has 8 heteroatoms. The van der Waals surface area contributed by atoms with E-state index < -0.39 is 12.2 Å². The Balaban J connectivity index is 1.19. The molecule has 0 aromatic heterocycles. The lowest BCUT2D eigenvalue weighted by Gasteiger charge is -2.35. The van der Waals surface area contributed by atoms with E-state index in [-0.39, 0.29) is 47.2 Å². The summed E-state index contributed by atoms with van der Waals surface area (Å²) >= 11 is 0. The number of aliphatic hydroxyl groups excluding tert-OH is 1. The molecule has 0 bridgehead atoms. The smallest absolute Gasteiger partial charge is 0.303 e. The molecule has 4 aliphatic rings. The number of rotatable bonds is 8. The number of aliphatic hydroxyl groups is 1. The molecule has 190 valence electrons. The van der Waals surface area contributed by atoms with E-state index in [1.165, 1.54) is 13.0 Å². The molecular weight excluding hydrogens is 438 g/mol. The summed E-state index contributed by atoms with van der Waals surface area (Å²) in [5, 5.41) is 13.5. The Bertz CT molecular complexity index is 822. The number of esters is 1. The summed E-state index contributed by atoms with van der Waals surface area (Å²) < 4.78 is 22.5. The van der Waals surface area contributed by atoms with Gasteiger partial charge < -0.3 is 29.4 Å². The van der Waals surface area contributed by atoms with E-state index in [1.54, 1.807) is 13.0 Å². The molecule has 1 aliphatic carbocycles. The van der Waals surface area contributed by atoms with Crippen LogP contribution in [0.5, 0.6) is 0 Å². The lowest BCUT2D eigenvalue weighted by atomic mass is 9.91. The maximum atomic E-state index is 12.2. The highest BCUT2D eigenvalue weighted by molar-refractivity contribution is 5.87. The molecule has 0 aromatic carbocycles. The molecule has 4 rings (SSSR count). The van der Waals surface area contributed by atoms with Crippen LogP contribution in [0.3, 0.4) is 0 Å². The van der Waals surface area contributed by atoms with Gasteiger partial charge in [-0.25, -0.2) is 0 Å². The molecule has 34 heavy (non-hydrogen) atoms. The standard InChI is InChI=1S/C26H39NO7/c1-16(33-18(3)28)5-8-23(29)27-21-7-6-20(34-17(21)2)13-19-14-25(19,4)10-9-22-24(30)26(15-32-26)11-12-31-22/h5,8-10,16-17,19-22,24,30H,6-7,11-15H2,1-4H3,(H,27,29)/b8-5-,10-9+/t16-,17+,19?,20+,21+,22+,24+,25?,26+/m0/s1. The number of hydrogen-bond acceptors (Lipinski definition) is 7. The monoisotopic (exact) mass is 477 g/mol. The highest BCUT2D eigenvalue weighted by atomic mass is 16.6. The van der Waals surface area contributed by atoms with Crippen LogP contribution in [-0.4, -0.2) is 72.4 Å². The number of hydrogen-bond donors (Lipinski definition) is 2. The molecular formula is C26H39NO7. The molecule has 4 fully saturated rings. The summed E-state index contributed by atoms with van der Waals surface area (Å²) in [5.74, 6) is -0.0331. The summed E-state index contributed by atoms with van der Waals surface area (Å²) in [5.41, 5.74) is -0.259. The quantitative estimate of drug-likeness (QED) is 0.239. The summed E-state index contributed by atoms with van der Waals surface area (Å²) in [6.07, 6.45) is 10.7. The third-order valence-corrected chi connectivity index (χ3v) is 7.85. The zero-order valence-corrected chi connectivity index (χ0v) is 20.7. The van der Waals surface area contributed by atoms with Crippen LogP contribution < -0.4 is 5.32 Å². The SMILES string of the molecule is CC(=O)O[C@@H](C)/C=C\C(=O)N[C@@H]1CC[C@H](CC2CC2(C)/C=C/[C@H]2OCC[C@@]3(CO3)[C@@H]2O)O[C@@H]1C. The number of allylic oxidation sites excluding steroid dienone is 1. The molecule has 0 aromatic rings. The molecule has 1 spiro atoms. The number of nitrogens with one attached hydrogen (secondary N) is 1. The van der Waals surface area contributed by atoms with Crippen molar-refractivity contribution >= 4 is 11.9 Å². The molecule has 3 heterocycles. The first kappa shape index (κ1) is 25.4. The Morgan fingerprint density at radius 1 is 1.32 bits per heavy atom. The number of ether oxygens (including phenoxy) is 4. The number of carbonyl (C=O) groups excluding carboxylic acids is 2. The topological polar surface area (TPSA) is 107 Å². The van der Waals surface area contributed by atoms with Crippen LogP contribution in [0.2, 0.25) is 0 Å². The molecule has 9 atom stereocenters. The van der Waals surface area contributed by atoms with E-state index in [0.717, 1.165) is 32.1 Å². The fourth-order valence-corrected chi connectivity index (χ4v) is 5.32. The van der Waals surface area contributed by atoms with Gasteiger partial charge in [0.15, 0.2) is 0 Å². The molecule has 2 N–H and O–H groups in total. The minimum absolute atomic E-state index is 0.0372. The second kappa shape index (κ2) is 10.1. The highest BCUT2D eigenvalue weighted by Gasteiger charge is 2.56. The Labute approximate surface area is 202 Å². The summed E-state index contributed by atoms with van der Waals surface area (Å²) in [6.45, 7) is 8.57. The van der Waals surface area contributed by atoms with Gasteiger partial charge >= 0.3 is 5.97 Å². The third-order valence-electron chi connectivity index (χ3n) is 7.85. The molecule has 1 amide bonds. The predicted octanol–water partition coefficient (Wildman–Crippen LogP) is 2.44. The van der Waals surface area contributed by atoms with Crippen LogP contribution in [0.1, 0.15) is 59.8 Å². The third kappa shape index (κ3) is 6.08. The van der Waals surface area contributed by atoms with Crippen LogP contribution in [0, 0.1) is 11.3 Å². The van der Waals surface area contributed by atoms with Crippen molar-refractivity contribution in [3.63, 3.8) is 0 Å². The van der Waals surface area contributed by atoms with Crippen LogP contribution in [0.4, 0.5) is 0 Å². The molecule has 2 unspecified atom stereocenters. The largest absolute Gasteiger partial charge is 0.459 e. The Morgan fingerprint density at radius 3 is 2.76 bits per heavy atom. The fourth-order valence-electron chi connectivity index (χ4n) is 5.32. The number of epoxide rings is 1. The second-order valence-corrected chi connectivity index (χ2v) is 10.7. The molecule has 8 nitrogen and oxygen atoms in total. The second-order valence-electron chi connectivity index (χ2n) is 10.7. The predicted molar refractivity (Wildman–Crippen MR) is 125 cm³/mol. The Morgan fingerprint density at radius 2 is 2.09 bits per heavy atom. The van der Waals surface area contributed by atoms with Gasteiger partial charge in [-0.3, -0.25) is 9.59 Å². The minimum atomic E-state index is -0.590. The van der Waals surface area contributed by atoms with E-state index in [0.29, 0.717) is 19.1 Å². The van der Waals surface area contributed by atoms with Gasteiger partial charge in [0, 0.05) is 19.4 Å². The zero-order chi connectivity index (χ0) is 24.5. The lowest BCUT2D eigenvalue weighted by molar-refractivity contribution is -0.143. The molecule has 0 radical (unpaired) electrons. The molecule has 3 saturated heterocycles. The lowest BCUT2D eigenvalue weighted by Crippen LogP contribution is -2.47. The minimum Gasteiger partial charge on any atom is -0.459 e. The summed E-state index contributed by atoms with van der Waals surface area (Å²) in [4.78, 5) is 23.2. The normalized spacial score (nSPS) is 42.6. The van der Waals surface area contributed by atoms with Crippen molar-refractivity contribution in [1.82, 2.24) is 5.32 Å². The first-order valence-corrected chi connectivity index (χ1v) is 12.5. The maximum absolute atomic E-state index is 12.2. The van der Waals surface area contributed by atoms with Gasteiger partial charge in [-0.05, 0) is 56.9 Å². The van der Waals surface area contributed by atoms with Crippen molar-refractivity contribution in [2.75, 3.05) is 13.2 Å². The van der Waals surface area contributed by atoms with Gasteiger partial charge in [-0.2, -0.15) is 0 Å². The maximum Gasteiger partial charge on any atom is 0.303 e. The van der Waals surface area contributed by atoms with Crippen molar-refractivity contribution in [3.8, 4) is 0 Å².